The fraction of sp³-hybridized carbons (Fsp3) is 0.0769. The van der Waals surface area contributed by atoms with E-state index in [2.05, 4.69) is 10.3 Å². The van der Waals surface area contributed by atoms with Crippen LogP contribution < -0.4 is 11.1 Å². The van der Waals surface area contributed by atoms with E-state index in [0.717, 1.165) is 10.6 Å². The number of aromatic nitrogens is 1. The Balaban J connectivity index is 2.37. The van der Waals surface area contributed by atoms with Gasteiger partial charge in [-0.05, 0) is 30.5 Å². The van der Waals surface area contributed by atoms with Crippen LogP contribution in [-0.2, 0) is 0 Å². The van der Waals surface area contributed by atoms with E-state index in [1.165, 1.54) is 12.1 Å². The number of carboxylic acid groups (broad SMARTS) is 1. The Morgan fingerprint density at radius 3 is 2.74 bits per heavy atom. The molecule has 0 saturated heterocycles. The van der Waals surface area contributed by atoms with Gasteiger partial charge in [-0.25, -0.2) is 9.78 Å². The smallest absolute Gasteiger partial charge is 0.354 e. The predicted octanol–water partition coefficient (Wildman–Crippen LogP) is 2.83. The summed E-state index contributed by atoms with van der Waals surface area (Å²) in [7, 11) is 0. The summed E-state index contributed by atoms with van der Waals surface area (Å²) >= 11 is 1.58. The SMILES string of the molecule is CSc1ccccc1Nc1nc(C(=O)O)ccc1N. The molecule has 19 heavy (non-hydrogen) atoms. The van der Waals surface area contributed by atoms with Gasteiger partial charge in [0.05, 0.1) is 11.4 Å². The van der Waals surface area contributed by atoms with Gasteiger partial charge in [0.25, 0.3) is 0 Å². The summed E-state index contributed by atoms with van der Waals surface area (Å²) in [6.07, 6.45) is 1.96. The van der Waals surface area contributed by atoms with Crippen molar-refractivity contribution in [3.05, 3.63) is 42.1 Å². The Morgan fingerprint density at radius 1 is 1.32 bits per heavy atom. The lowest BCUT2D eigenvalue weighted by atomic mass is 10.3. The predicted molar refractivity (Wildman–Crippen MR) is 77.1 cm³/mol. The van der Waals surface area contributed by atoms with Crippen molar-refractivity contribution in [2.24, 2.45) is 0 Å². The molecule has 6 heteroatoms. The highest BCUT2D eigenvalue weighted by molar-refractivity contribution is 7.98. The van der Waals surface area contributed by atoms with E-state index in [4.69, 9.17) is 10.8 Å². The topological polar surface area (TPSA) is 88.2 Å². The van der Waals surface area contributed by atoms with Crippen LogP contribution >= 0.6 is 11.8 Å². The van der Waals surface area contributed by atoms with Gasteiger partial charge in [0, 0.05) is 4.90 Å². The van der Waals surface area contributed by atoms with Crippen molar-refractivity contribution < 1.29 is 9.90 Å². The van der Waals surface area contributed by atoms with Gasteiger partial charge in [0.2, 0.25) is 0 Å². The molecule has 0 aliphatic heterocycles. The number of carbonyl (C=O) groups is 1. The van der Waals surface area contributed by atoms with Gasteiger partial charge in [0.15, 0.2) is 11.5 Å². The minimum atomic E-state index is -1.08. The summed E-state index contributed by atoms with van der Waals surface area (Å²) in [4.78, 5) is 15.9. The molecule has 5 nitrogen and oxygen atoms in total. The highest BCUT2D eigenvalue weighted by Gasteiger charge is 2.10. The van der Waals surface area contributed by atoms with Crippen LogP contribution in [0.15, 0.2) is 41.3 Å². The number of benzene rings is 1. The molecule has 0 fully saturated rings. The maximum atomic E-state index is 10.9. The standard InChI is InChI=1S/C13H13N3O2S/c1-19-11-5-3-2-4-9(11)15-12-8(14)6-7-10(16-12)13(17)18/h2-7H,14H2,1H3,(H,15,16)(H,17,18). The molecule has 2 aromatic rings. The molecule has 4 N–H and O–H groups in total. The molecule has 98 valence electrons. The van der Waals surface area contributed by atoms with E-state index in [-0.39, 0.29) is 5.69 Å². The first kappa shape index (κ1) is 13.2. The van der Waals surface area contributed by atoms with E-state index in [9.17, 15) is 4.79 Å². The normalized spacial score (nSPS) is 10.2. The van der Waals surface area contributed by atoms with Gasteiger partial charge >= 0.3 is 5.97 Å². The first-order valence-corrected chi connectivity index (χ1v) is 6.74. The third kappa shape index (κ3) is 2.97. The molecule has 0 radical (unpaired) electrons. The second-order valence-electron chi connectivity index (χ2n) is 3.76. The Bertz CT molecular complexity index is 617. The van der Waals surface area contributed by atoms with Crippen LogP contribution in [0.5, 0.6) is 0 Å². The number of nitrogens with one attached hydrogen (secondary N) is 1. The number of anilines is 3. The Hall–Kier alpha value is -2.21. The molecule has 0 aliphatic carbocycles. The first-order valence-electron chi connectivity index (χ1n) is 5.51. The zero-order valence-corrected chi connectivity index (χ0v) is 11.1. The van der Waals surface area contributed by atoms with Gasteiger partial charge in [-0.15, -0.1) is 11.8 Å². The first-order chi connectivity index (χ1) is 9.11. The molecule has 0 aliphatic rings. The van der Waals surface area contributed by atoms with Gasteiger partial charge in [-0.1, -0.05) is 12.1 Å². The Morgan fingerprint density at radius 2 is 2.05 bits per heavy atom. The van der Waals surface area contributed by atoms with E-state index >= 15 is 0 Å². The fourth-order valence-corrected chi connectivity index (χ4v) is 2.12. The fourth-order valence-electron chi connectivity index (χ4n) is 1.56. The minimum Gasteiger partial charge on any atom is -0.477 e. The van der Waals surface area contributed by atoms with Crippen molar-refractivity contribution in [2.75, 3.05) is 17.3 Å². The van der Waals surface area contributed by atoms with Crippen LogP contribution in [0, 0.1) is 0 Å². The number of nitrogens with two attached hydrogens (primary N) is 1. The number of hydrogen-bond donors (Lipinski definition) is 3. The molecule has 0 amide bonds. The van der Waals surface area contributed by atoms with Gasteiger partial charge < -0.3 is 16.2 Å². The van der Waals surface area contributed by atoms with Crippen LogP contribution in [-0.4, -0.2) is 22.3 Å². The van der Waals surface area contributed by atoms with Crippen LogP contribution in [0.4, 0.5) is 17.2 Å². The van der Waals surface area contributed by atoms with Crippen LogP contribution in [0.3, 0.4) is 0 Å². The number of pyridine rings is 1. The molecule has 0 unspecified atom stereocenters. The van der Waals surface area contributed by atoms with Crippen LogP contribution in [0.2, 0.25) is 0 Å². The van der Waals surface area contributed by atoms with Crippen molar-refractivity contribution in [3.63, 3.8) is 0 Å². The number of para-hydroxylation sites is 1. The second-order valence-corrected chi connectivity index (χ2v) is 4.61. The summed E-state index contributed by atoms with van der Waals surface area (Å²) in [6.45, 7) is 0. The maximum absolute atomic E-state index is 10.9. The van der Waals surface area contributed by atoms with Crippen molar-refractivity contribution in [3.8, 4) is 0 Å². The van der Waals surface area contributed by atoms with Crippen molar-refractivity contribution in [2.45, 2.75) is 4.90 Å². The molecule has 1 heterocycles. The van der Waals surface area contributed by atoms with E-state index in [1.54, 1.807) is 11.8 Å². The van der Waals surface area contributed by atoms with E-state index in [1.807, 2.05) is 30.5 Å². The van der Waals surface area contributed by atoms with Crippen molar-refractivity contribution in [1.29, 1.82) is 0 Å². The molecule has 0 atom stereocenters. The quantitative estimate of drug-likeness (QED) is 0.744. The maximum Gasteiger partial charge on any atom is 0.354 e. The zero-order chi connectivity index (χ0) is 13.8. The van der Waals surface area contributed by atoms with Crippen molar-refractivity contribution >= 4 is 34.9 Å². The summed E-state index contributed by atoms with van der Waals surface area (Å²) in [6, 6.07) is 10.6. The number of carboxylic acids is 1. The number of aromatic carboxylic acids is 1. The summed E-state index contributed by atoms with van der Waals surface area (Å²) in [5.41, 5.74) is 7.01. The molecule has 0 bridgehead atoms. The average molecular weight is 275 g/mol. The Labute approximate surface area is 114 Å². The number of nitrogens with zero attached hydrogens (tertiary/aromatic N) is 1. The third-order valence-corrected chi connectivity index (χ3v) is 3.30. The lowest BCUT2D eigenvalue weighted by Crippen LogP contribution is -2.06. The highest BCUT2D eigenvalue weighted by Crippen LogP contribution is 2.29. The largest absolute Gasteiger partial charge is 0.477 e. The summed E-state index contributed by atoms with van der Waals surface area (Å²) in [5.74, 6) is -0.734. The molecule has 1 aromatic heterocycles. The average Bonchev–Trinajstić information content (AvgIpc) is 2.41. The second kappa shape index (κ2) is 5.62. The van der Waals surface area contributed by atoms with Crippen LogP contribution in [0.1, 0.15) is 10.5 Å². The van der Waals surface area contributed by atoms with Gasteiger partial charge in [-0.2, -0.15) is 0 Å². The monoisotopic (exact) mass is 275 g/mol. The van der Waals surface area contributed by atoms with E-state index in [0.29, 0.717) is 11.5 Å². The molecule has 2 rings (SSSR count). The number of hydrogen-bond acceptors (Lipinski definition) is 5. The van der Waals surface area contributed by atoms with Gasteiger partial charge in [-0.3, -0.25) is 0 Å². The number of rotatable bonds is 4. The molecular weight excluding hydrogens is 262 g/mol. The van der Waals surface area contributed by atoms with E-state index < -0.39 is 5.97 Å². The minimum absolute atomic E-state index is 0.0432. The molecule has 1 aromatic carbocycles. The number of nitrogen functional groups attached to an aromatic ring is 1. The third-order valence-electron chi connectivity index (χ3n) is 2.51. The molecular formula is C13H13N3O2S. The summed E-state index contributed by atoms with van der Waals surface area (Å²) in [5, 5.41) is 12.0. The van der Waals surface area contributed by atoms with Crippen LogP contribution in [0.25, 0.3) is 0 Å². The Kier molecular flexibility index (Phi) is 3.91. The lowest BCUT2D eigenvalue weighted by Gasteiger charge is -2.11. The summed E-state index contributed by atoms with van der Waals surface area (Å²) < 4.78 is 0. The van der Waals surface area contributed by atoms with Gasteiger partial charge in [0.1, 0.15) is 0 Å². The van der Waals surface area contributed by atoms with Crippen molar-refractivity contribution in [1.82, 2.24) is 4.98 Å². The highest BCUT2D eigenvalue weighted by atomic mass is 32.2. The zero-order valence-electron chi connectivity index (χ0n) is 10.3. The lowest BCUT2D eigenvalue weighted by molar-refractivity contribution is 0.0690. The number of thioether (sulfide) groups is 1. The molecule has 0 saturated carbocycles. The molecule has 0 spiro atoms.